The summed E-state index contributed by atoms with van der Waals surface area (Å²) < 4.78 is 1.97. The molecule has 2 aromatic rings. The molecule has 1 aromatic carbocycles. The highest BCUT2D eigenvalue weighted by atomic mass is 16.1. The molecule has 1 atom stereocenters. The van der Waals surface area contributed by atoms with Crippen LogP contribution >= 0.6 is 0 Å². The highest BCUT2D eigenvalue weighted by Gasteiger charge is 2.13. The topological polar surface area (TPSA) is 50.2 Å². The van der Waals surface area contributed by atoms with Gasteiger partial charge in [0.15, 0.2) is 0 Å². The lowest BCUT2D eigenvalue weighted by Gasteiger charge is -2.24. The Kier molecular flexibility index (Phi) is 5.11. The Morgan fingerprint density at radius 2 is 2.10 bits per heavy atom. The molecule has 0 spiro atoms. The zero-order valence-electron chi connectivity index (χ0n) is 12.8. The smallest absolute Gasteiger partial charge is 0.221 e. The van der Waals surface area contributed by atoms with Crippen LogP contribution in [0.15, 0.2) is 43.0 Å². The van der Waals surface area contributed by atoms with Gasteiger partial charge in [-0.15, -0.1) is 0 Å². The molecule has 5 nitrogen and oxygen atoms in total. The average molecular weight is 286 g/mol. The Labute approximate surface area is 125 Å². The van der Waals surface area contributed by atoms with Crippen molar-refractivity contribution >= 4 is 5.91 Å². The van der Waals surface area contributed by atoms with Gasteiger partial charge in [-0.1, -0.05) is 12.1 Å². The summed E-state index contributed by atoms with van der Waals surface area (Å²) in [6.07, 6.45) is 5.99. The number of hydrogen-bond donors (Lipinski definition) is 1. The standard InChI is InChI=1S/C16H22N4O/c1-13(10-16(21)17-2)19(3)11-14-4-6-15(7-5-14)20-9-8-18-12-20/h4-9,12-13H,10-11H2,1-3H3,(H,17,21)/t13-/m0/s1. The van der Waals surface area contributed by atoms with Crippen LogP contribution in [0.4, 0.5) is 0 Å². The van der Waals surface area contributed by atoms with Crippen LogP contribution in [-0.2, 0) is 11.3 Å². The Bertz CT molecular complexity index is 562. The van der Waals surface area contributed by atoms with E-state index in [2.05, 4.69) is 46.4 Å². The van der Waals surface area contributed by atoms with Crippen LogP contribution in [0.25, 0.3) is 5.69 Å². The van der Waals surface area contributed by atoms with Crippen LogP contribution in [0.3, 0.4) is 0 Å². The number of rotatable bonds is 6. The van der Waals surface area contributed by atoms with Crippen molar-refractivity contribution in [3.63, 3.8) is 0 Å². The van der Waals surface area contributed by atoms with Crippen molar-refractivity contribution in [2.24, 2.45) is 0 Å². The van der Waals surface area contributed by atoms with E-state index in [0.717, 1.165) is 12.2 Å². The molecular weight excluding hydrogens is 264 g/mol. The monoisotopic (exact) mass is 286 g/mol. The molecule has 0 saturated heterocycles. The van der Waals surface area contributed by atoms with Gasteiger partial charge in [0.2, 0.25) is 5.91 Å². The summed E-state index contributed by atoms with van der Waals surface area (Å²) >= 11 is 0. The quantitative estimate of drug-likeness (QED) is 0.881. The van der Waals surface area contributed by atoms with Gasteiger partial charge in [0, 0.05) is 44.1 Å². The maximum Gasteiger partial charge on any atom is 0.221 e. The van der Waals surface area contributed by atoms with Gasteiger partial charge in [-0.3, -0.25) is 9.69 Å². The van der Waals surface area contributed by atoms with Crippen molar-refractivity contribution < 1.29 is 4.79 Å². The van der Waals surface area contributed by atoms with E-state index in [1.807, 2.05) is 17.8 Å². The summed E-state index contributed by atoms with van der Waals surface area (Å²) in [5.74, 6) is 0.0739. The zero-order chi connectivity index (χ0) is 15.2. The largest absolute Gasteiger partial charge is 0.359 e. The van der Waals surface area contributed by atoms with Gasteiger partial charge in [0.05, 0.1) is 6.33 Å². The molecule has 0 aliphatic rings. The third kappa shape index (κ3) is 4.16. The van der Waals surface area contributed by atoms with Gasteiger partial charge in [0.25, 0.3) is 0 Å². The summed E-state index contributed by atoms with van der Waals surface area (Å²) in [6, 6.07) is 8.58. The van der Waals surface area contributed by atoms with Crippen LogP contribution in [0, 0.1) is 0 Å². The number of hydrogen-bond acceptors (Lipinski definition) is 3. The molecule has 1 amide bonds. The highest BCUT2D eigenvalue weighted by molar-refractivity contribution is 5.76. The fourth-order valence-corrected chi connectivity index (χ4v) is 2.16. The summed E-state index contributed by atoms with van der Waals surface area (Å²) in [5, 5.41) is 2.66. The minimum Gasteiger partial charge on any atom is -0.359 e. The van der Waals surface area contributed by atoms with E-state index in [-0.39, 0.29) is 11.9 Å². The van der Waals surface area contributed by atoms with Crippen LogP contribution < -0.4 is 5.32 Å². The molecule has 5 heteroatoms. The summed E-state index contributed by atoms with van der Waals surface area (Å²) in [7, 11) is 3.71. The number of carbonyl (C=O) groups is 1. The van der Waals surface area contributed by atoms with Crippen LogP contribution in [0.1, 0.15) is 18.9 Å². The number of aromatic nitrogens is 2. The Morgan fingerprint density at radius 3 is 2.67 bits per heavy atom. The molecule has 0 aliphatic heterocycles. The predicted molar refractivity (Wildman–Crippen MR) is 83.2 cm³/mol. The molecule has 0 saturated carbocycles. The number of benzene rings is 1. The van der Waals surface area contributed by atoms with Gasteiger partial charge in [-0.2, -0.15) is 0 Å². The van der Waals surface area contributed by atoms with E-state index in [9.17, 15) is 4.79 Å². The molecule has 0 unspecified atom stereocenters. The first-order chi connectivity index (χ1) is 10.1. The number of imidazole rings is 1. The van der Waals surface area contributed by atoms with E-state index in [0.29, 0.717) is 6.42 Å². The predicted octanol–water partition coefficient (Wildman–Crippen LogP) is 1.83. The lowest BCUT2D eigenvalue weighted by molar-refractivity contribution is -0.121. The summed E-state index contributed by atoms with van der Waals surface area (Å²) in [5.41, 5.74) is 2.32. The third-order valence-corrected chi connectivity index (χ3v) is 3.68. The van der Waals surface area contributed by atoms with Gasteiger partial charge >= 0.3 is 0 Å². The van der Waals surface area contributed by atoms with Crippen molar-refractivity contribution in [3.8, 4) is 5.69 Å². The zero-order valence-corrected chi connectivity index (χ0v) is 12.8. The van der Waals surface area contributed by atoms with Gasteiger partial charge < -0.3 is 9.88 Å². The van der Waals surface area contributed by atoms with E-state index in [4.69, 9.17) is 0 Å². The van der Waals surface area contributed by atoms with E-state index in [1.165, 1.54) is 5.56 Å². The number of carbonyl (C=O) groups excluding carboxylic acids is 1. The van der Waals surface area contributed by atoms with E-state index in [1.54, 1.807) is 19.6 Å². The second kappa shape index (κ2) is 7.04. The second-order valence-electron chi connectivity index (χ2n) is 5.28. The molecule has 0 bridgehead atoms. The molecule has 1 aromatic heterocycles. The Hall–Kier alpha value is -2.14. The van der Waals surface area contributed by atoms with Crippen LogP contribution in [0.5, 0.6) is 0 Å². The van der Waals surface area contributed by atoms with Crippen LogP contribution in [0.2, 0.25) is 0 Å². The minimum atomic E-state index is 0.0739. The second-order valence-corrected chi connectivity index (χ2v) is 5.28. The molecule has 1 heterocycles. The summed E-state index contributed by atoms with van der Waals surface area (Å²) in [6.45, 7) is 2.89. The number of nitrogens with one attached hydrogen (secondary N) is 1. The fourth-order valence-electron chi connectivity index (χ4n) is 2.16. The van der Waals surface area contributed by atoms with Crippen molar-refractivity contribution in [2.75, 3.05) is 14.1 Å². The number of nitrogens with zero attached hydrogens (tertiary/aromatic N) is 3. The maximum absolute atomic E-state index is 11.4. The van der Waals surface area contributed by atoms with Gasteiger partial charge in [-0.05, 0) is 31.7 Å². The van der Waals surface area contributed by atoms with E-state index >= 15 is 0 Å². The molecule has 0 radical (unpaired) electrons. The molecule has 0 aliphatic carbocycles. The van der Waals surface area contributed by atoms with Gasteiger partial charge in [-0.25, -0.2) is 4.98 Å². The van der Waals surface area contributed by atoms with Crippen LogP contribution in [-0.4, -0.2) is 40.5 Å². The fraction of sp³-hybridized carbons (Fsp3) is 0.375. The summed E-state index contributed by atoms with van der Waals surface area (Å²) in [4.78, 5) is 17.6. The lowest BCUT2D eigenvalue weighted by atomic mass is 10.1. The van der Waals surface area contributed by atoms with Crippen molar-refractivity contribution in [1.29, 1.82) is 0 Å². The third-order valence-electron chi connectivity index (χ3n) is 3.68. The molecule has 1 N–H and O–H groups in total. The molecule has 0 fully saturated rings. The maximum atomic E-state index is 11.4. The van der Waals surface area contributed by atoms with Crippen molar-refractivity contribution in [3.05, 3.63) is 48.5 Å². The minimum absolute atomic E-state index is 0.0739. The Morgan fingerprint density at radius 1 is 1.38 bits per heavy atom. The van der Waals surface area contributed by atoms with Crippen molar-refractivity contribution in [1.82, 2.24) is 19.8 Å². The normalized spacial score (nSPS) is 12.4. The first-order valence-corrected chi connectivity index (χ1v) is 7.08. The molecule has 112 valence electrons. The highest BCUT2D eigenvalue weighted by Crippen LogP contribution is 2.12. The molecule has 21 heavy (non-hydrogen) atoms. The lowest BCUT2D eigenvalue weighted by Crippen LogP contribution is -2.33. The first-order valence-electron chi connectivity index (χ1n) is 7.08. The number of amides is 1. The van der Waals surface area contributed by atoms with Crippen molar-refractivity contribution in [2.45, 2.75) is 25.9 Å². The molecular formula is C16H22N4O. The Balaban J connectivity index is 1.95. The van der Waals surface area contributed by atoms with Gasteiger partial charge in [0.1, 0.15) is 0 Å². The molecule has 2 rings (SSSR count). The average Bonchev–Trinajstić information content (AvgIpc) is 3.02. The first kappa shape index (κ1) is 15.3. The van der Waals surface area contributed by atoms with E-state index < -0.39 is 0 Å². The SMILES string of the molecule is CNC(=O)C[C@H](C)N(C)Cc1ccc(-n2ccnc2)cc1.